The van der Waals surface area contributed by atoms with Gasteiger partial charge in [-0.1, -0.05) is 6.07 Å². The molecule has 2 bridgehead atoms. The Kier molecular flexibility index (Phi) is 6.08. The van der Waals surface area contributed by atoms with Gasteiger partial charge in [0.15, 0.2) is 11.5 Å². The van der Waals surface area contributed by atoms with Crippen LogP contribution in [0.5, 0.6) is 0 Å². The molecule has 9 nitrogen and oxygen atoms in total. The summed E-state index contributed by atoms with van der Waals surface area (Å²) in [6.45, 7) is 9.30. The Morgan fingerprint density at radius 3 is 2.51 bits per heavy atom. The van der Waals surface area contributed by atoms with Gasteiger partial charge in [-0.05, 0) is 58.4 Å². The van der Waals surface area contributed by atoms with Crippen molar-refractivity contribution in [1.29, 1.82) is 0 Å². The highest BCUT2D eigenvalue weighted by Gasteiger charge is 2.38. The van der Waals surface area contributed by atoms with Crippen LogP contribution in [0.4, 0.5) is 16.2 Å². The van der Waals surface area contributed by atoms with Crippen molar-refractivity contribution in [3.05, 3.63) is 54.0 Å². The monoisotopic (exact) mass is 501 g/mol. The first-order chi connectivity index (χ1) is 17.9. The molecule has 192 valence electrons. The zero-order chi connectivity index (χ0) is 25.7. The van der Waals surface area contributed by atoms with Gasteiger partial charge in [-0.15, -0.1) is 0 Å². The van der Waals surface area contributed by atoms with Crippen LogP contribution in [0.3, 0.4) is 0 Å². The summed E-state index contributed by atoms with van der Waals surface area (Å²) >= 11 is 0. The summed E-state index contributed by atoms with van der Waals surface area (Å²) in [7, 11) is 2.21. The van der Waals surface area contributed by atoms with Crippen molar-refractivity contribution in [2.24, 2.45) is 0 Å². The third kappa shape index (κ3) is 4.55. The minimum absolute atomic E-state index is 0.184. The minimum Gasteiger partial charge on any atom is -0.324 e. The summed E-state index contributed by atoms with van der Waals surface area (Å²) in [4.78, 5) is 27.2. The maximum absolute atomic E-state index is 14.8. The molecule has 37 heavy (non-hydrogen) atoms. The number of anilines is 2. The van der Waals surface area contributed by atoms with E-state index < -0.39 is 5.82 Å². The van der Waals surface area contributed by atoms with Gasteiger partial charge < -0.3 is 14.8 Å². The van der Waals surface area contributed by atoms with Gasteiger partial charge in [0.2, 0.25) is 5.95 Å². The van der Waals surface area contributed by atoms with Crippen LogP contribution in [-0.4, -0.2) is 71.5 Å². The van der Waals surface area contributed by atoms with E-state index in [2.05, 4.69) is 71.6 Å². The van der Waals surface area contributed by atoms with Crippen molar-refractivity contribution in [2.45, 2.75) is 58.3 Å². The van der Waals surface area contributed by atoms with Crippen LogP contribution >= 0.6 is 0 Å². The fourth-order valence-electron chi connectivity index (χ4n) is 5.88. The van der Waals surface area contributed by atoms with E-state index in [4.69, 9.17) is 0 Å². The second kappa shape index (κ2) is 9.42. The highest BCUT2D eigenvalue weighted by atomic mass is 19.1. The van der Waals surface area contributed by atoms with Gasteiger partial charge in [0.25, 0.3) is 0 Å². The van der Waals surface area contributed by atoms with E-state index in [0.29, 0.717) is 29.1 Å². The van der Waals surface area contributed by atoms with Crippen LogP contribution < -0.4 is 5.32 Å². The third-order valence-electron chi connectivity index (χ3n) is 7.50. The van der Waals surface area contributed by atoms with Crippen molar-refractivity contribution < 1.29 is 4.39 Å². The van der Waals surface area contributed by atoms with E-state index in [9.17, 15) is 4.39 Å². The first-order valence-electron chi connectivity index (χ1n) is 12.9. The molecule has 2 aliphatic heterocycles. The Hall–Kier alpha value is -3.50. The van der Waals surface area contributed by atoms with Crippen molar-refractivity contribution in [3.63, 3.8) is 0 Å². The van der Waals surface area contributed by atoms with Crippen molar-refractivity contribution in [2.75, 3.05) is 25.5 Å². The van der Waals surface area contributed by atoms with E-state index in [1.54, 1.807) is 6.20 Å². The van der Waals surface area contributed by atoms with Gasteiger partial charge in [-0.3, -0.25) is 4.90 Å². The molecule has 0 saturated carbocycles. The van der Waals surface area contributed by atoms with Gasteiger partial charge in [-0.25, -0.2) is 29.3 Å². The lowest BCUT2D eigenvalue weighted by atomic mass is 10.1. The molecule has 0 spiro atoms. The molecule has 10 heteroatoms. The van der Waals surface area contributed by atoms with Gasteiger partial charge >= 0.3 is 0 Å². The summed E-state index contributed by atoms with van der Waals surface area (Å²) < 4.78 is 16.9. The molecule has 0 amide bonds. The van der Waals surface area contributed by atoms with Crippen molar-refractivity contribution in [1.82, 2.24) is 39.3 Å². The number of likely N-dealkylation sites (tertiary alicyclic amines) is 1. The minimum atomic E-state index is -0.510. The fourth-order valence-corrected chi connectivity index (χ4v) is 5.88. The number of nitrogens with zero attached hydrogens (tertiary/aromatic N) is 8. The molecule has 6 rings (SSSR count). The van der Waals surface area contributed by atoms with Crippen LogP contribution in [0, 0.1) is 12.7 Å². The zero-order valence-corrected chi connectivity index (χ0v) is 21.7. The number of imidazole rings is 1. The molecule has 1 N–H and O–H groups in total. The molecule has 0 radical (unpaired) electrons. The van der Waals surface area contributed by atoms with Crippen LogP contribution in [0.15, 0.2) is 36.8 Å². The lowest BCUT2D eigenvalue weighted by Crippen LogP contribution is -2.51. The summed E-state index contributed by atoms with van der Waals surface area (Å²) in [5.41, 5.74) is 3.43. The highest BCUT2D eigenvalue weighted by molar-refractivity contribution is 5.78. The van der Waals surface area contributed by atoms with Crippen molar-refractivity contribution >= 4 is 22.9 Å². The zero-order valence-electron chi connectivity index (χ0n) is 21.7. The molecule has 0 aliphatic carbocycles. The van der Waals surface area contributed by atoms with Crippen molar-refractivity contribution in [3.8, 4) is 11.3 Å². The predicted molar refractivity (Wildman–Crippen MR) is 141 cm³/mol. The summed E-state index contributed by atoms with van der Waals surface area (Å²) in [6.07, 6.45) is 7.23. The Morgan fingerprint density at radius 2 is 1.81 bits per heavy atom. The number of aryl methyl sites for hydroxylation is 1. The molecule has 2 aliphatic rings. The molecule has 2 atom stereocenters. The number of hydrogen-bond acceptors (Lipinski definition) is 8. The summed E-state index contributed by atoms with van der Waals surface area (Å²) in [6, 6.07) is 7.36. The molecule has 6 heterocycles. The summed E-state index contributed by atoms with van der Waals surface area (Å²) in [5, 5.41) is 3.12. The number of halogens is 1. The molecule has 2 saturated heterocycles. The maximum atomic E-state index is 14.8. The van der Waals surface area contributed by atoms with Crippen LogP contribution in [-0.2, 0) is 6.54 Å². The normalized spacial score (nSPS) is 20.3. The average Bonchev–Trinajstić information content (AvgIpc) is 3.32. The maximum Gasteiger partial charge on any atom is 0.229 e. The lowest BCUT2D eigenvalue weighted by Gasteiger charge is -2.39. The van der Waals surface area contributed by atoms with E-state index in [-0.39, 0.29) is 17.7 Å². The molecule has 4 aromatic heterocycles. The largest absolute Gasteiger partial charge is 0.324 e. The number of likely N-dealkylation sites (N-methyl/N-ethyl adjacent to an activating group) is 1. The number of aromatic nitrogens is 6. The smallest absolute Gasteiger partial charge is 0.229 e. The van der Waals surface area contributed by atoms with Gasteiger partial charge in [0.1, 0.15) is 17.3 Å². The van der Waals surface area contributed by atoms with Gasteiger partial charge in [0, 0.05) is 55.7 Å². The predicted octanol–water partition coefficient (Wildman–Crippen LogP) is 4.33. The topological polar surface area (TPSA) is 87.9 Å². The number of piperazine rings is 1. The molecular formula is C27H32FN9. The van der Waals surface area contributed by atoms with Crippen LogP contribution in [0.2, 0.25) is 0 Å². The first kappa shape index (κ1) is 23.9. The molecule has 4 aromatic rings. The molecular weight excluding hydrogens is 469 g/mol. The van der Waals surface area contributed by atoms with E-state index in [0.717, 1.165) is 31.0 Å². The number of rotatable bonds is 6. The second-order valence-electron chi connectivity index (χ2n) is 10.5. The SMILES string of the molecule is Cc1nc2ncc(-c3nc(Nc4ccc(CN5C6CCC5CN(C)C6)cn4)ncc3F)cc2n1C(C)C. The second-order valence-corrected chi connectivity index (χ2v) is 10.5. The number of fused-ring (bicyclic) bond motifs is 3. The number of pyridine rings is 2. The molecule has 0 aromatic carbocycles. The highest BCUT2D eigenvalue weighted by Crippen LogP contribution is 2.31. The Labute approximate surface area is 215 Å². The van der Waals surface area contributed by atoms with Gasteiger partial charge in [-0.2, -0.15) is 0 Å². The average molecular weight is 502 g/mol. The van der Waals surface area contributed by atoms with Gasteiger partial charge in [0.05, 0.1) is 11.7 Å². The quantitative estimate of drug-likeness (QED) is 0.418. The van der Waals surface area contributed by atoms with E-state index in [1.165, 1.54) is 24.6 Å². The fraction of sp³-hybridized carbons (Fsp3) is 0.444. The lowest BCUT2D eigenvalue weighted by molar-refractivity contribution is 0.0759. The van der Waals surface area contributed by atoms with Crippen LogP contribution in [0.1, 0.15) is 44.1 Å². The van der Waals surface area contributed by atoms with E-state index >= 15 is 0 Å². The Balaban J connectivity index is 1.20. The first-order valence-corrected chi connectivity index (χ1v) is 12.9. The molecule has 2 fully saturated rings. The summed E-state index contributed by atoms with van der Waals surface area (Å²) in [5.74, 6) is 1.26. The third-order valence-corrected chi connectivity index (χ3v) is 7.50. The standard InChI is InChI=1S/C27H32FN9/c1-16(2)37-17(3)32-26-23(37)9-19(11-30-26)25-22(28)12-31-27(34-25)33-24-8-5-18(10-29-24)13-36-20-6-7-21(36)15-35(4)14-20/h5,8-12,16,20-21H,6-7,13-15H2,1-4H3,(H,29,31,33,34). The number of nitrogens with one attached hydrogen (secondary N) is 1. The van der Waals surface area contributed by atoms with Crippen LogP contribution in [0.25, 0.3) is 22.4 Å². The van der Waals surface area contributed by atoms with E-state index in [1.807, 2.05) is 25.3 Å². The molecule has 2 unspecified atom stereocenters. The number of hydrogen-bond donors (Lipinski definition) is 1. The Morgan fingerprint density at radius 1 is 1.03 bits per heavy atom. The Bertz CT molecular complexity index is 1420.